The largest absolute Gasteiger partial charge is 0.480 e. The molecule has 2 aromatic rings. The second-order valence-corrected chi connectivity index (χ2v) is 7.06. The van der Waals surface area contributed by atoms with E-state index < -0.39 is 17.4 Å². The van der Waals surface area contributed by atoms with Gasteiger partial charge in [-0.15, -0.1) is 5.10 Å². The number of ether oxygens (including phenoxy) is 1. The number of benzene rings is 1. The maximum absolute atomic E-state index is 12.7. The van der Waals surface area contributed by atoms with Crippen molar-refractivity contribution in [2.45, 2.75) is 45.1 Å². The highest BCUT2D eigenvalue weighted by Gasteiger charge is 2.42. The Hall–Kier alpha value is -2.74. The number of nitrogens with zero attached hydrogens (tertiary/aromatic N) is 3. The molecule has 1 saturated heterocycles. The van der Waals surface area contributed by atoms with Gasteiger partial charge in [-0.1, -0.05) is 32.0 Å². The summed E-state index contributed by atoms with van der Waals surface area (Å²) in [5.41, 5.74) is 0.601. The summed E-state index contributed by atoms with van der Waals surface area (Å²) >= 11 is 0. The van der Waals surface area contributed by atoms with Gasteiger partial charge in [0.2, 0.25) is 5.82 Å². The zero-order chi connectivity index (χ0) is 19.6. The van der Waals surface area contributed by atoms with E-state index in [0.717, 1.165) is 11.3 Å². The van der Waals surface area contributed by atoms with Crippen LogP contribution in [0.25, 0.3) is 5.69 Å². The number of carboxylic acid groups (broad SMARTS) is 1. The van der Waals surface area contributed by atoms with Crippen LogP contribution in [0.1, 0.15) is 54.6 Å². The van der Waals surface area contributed by atoms with Crippen molar-refractivity contribution in [3.63, 3.8) is 0 Å². The van der Waals surface area contributed by atoms with Crippen molar-refractivity contribution in [2.75, 3.05) is 13.2 Å². The van der Waals surface area contributed by atoms with Gasteiger partial charge in [0.05, 0.1) is 5.69 Å². The average molecular weight is 372 g/mol. The number of rotatable bonds is 5. The first-order chi connectivity index (χ1) is 12.8. The summed E-state index contributed by atoms with van der Waals surface area (Å²) < 4.78 is 6.86. The summed E-state index contributed by atoms with van der Waals surface area (Å²) in [5.74, 6) is -0.869. The normalized spacial score (nSPS) is 16.3. The molecule has 0 bridgehead atoms. The van der Waals surface area contributed by atoms with E-state index >= 15 is 0 Å². The number of nitrogens with one attached hydrogen (secondary N) is 1. The monoisotopic (exact) mass is 372 g/mol. The highest BCUT2D eigenvalue weighted by atomic mass is 16.5. The molecule has 0 radical (unpaired) electrons. The minimum atomic E-state index is -1.34. The molecule has 8 nitrogen and oxygen atoms in total. The fraction of sp³-hybridized carbons (Fsp3) is 0.474. The van der Waals surface area contributed by atoms with Crippen molar-refractivity contribution in [1.82, 2.24) is 20.1 Å². The minimum Gasteiger partial charge on any atom is -0.480 e. The molecule has 2 heterocycles. The second-order valence-electron chi connectivity index (χ2n) is 7.06. The lowest BCUT2D eigenvalue weighted by atomic mass is 9.90. The summed E-state index contributed by atoms with van der Waals surface area (Å²) in [6, 6.07) is 7.81. The lowest BCUT2D eigenvalue weighted by molar-refractivity contribution is -0.148. The van der Waals surface area contributed by atoms with Gasteiger partial charge >= 0.3 is 5.97 Å². The van der Waals surface area contributed by atoms with Crippen LogP contribution in [0.3, 0.4) is 0 Å². The van der Waals surface area contributed by atoms with E-state index in [9.17, 15) is 14.7 Å². The molecule has 0 atom stereocenters. The third-order valence-electron chi connectivity index (χ3n) is 4.87. The molecule has 0 saturated carbocycles. The fourth-order valence-corrected chi connectivity index (χ4v) is 3.27. The van der Waals surface area contributed by atoms with E-state index in [1.807, 2.05) is 24.3 Å². The van der Waals surface area contributed by atoms with Crippen LogP contribution in [0.4, 0.5) is 0 Å². The molecule has 1 aromatic carbocycles. The smallest absolute Gasteiger partial charge is 0.329 e. The number of amides is 1. The molecule has 1 fully saturated rings. The lowest BCUT2D eigenvalue weighted by Crippen LogP contribution is -2.57. The predicted molar refractivity (Wildman–Crippen MR) is 98.1 cm³/mol. The van der Waals surface area contributed by atoms with Crippen LogP contribution in [0.15, 0.2) is 24.3 Å². The Morgan fingerprint density at radius 1 is 1.26 bits per heavy atom. The van der Waals surface area contributed by atoms with Crippen molar-refractivity contribution in [3.05, 3.63) is 41.5 Å². The third kappa shape index (κ3) is 3.71. The molecular formula is C19H24N4O4. The van der Waals surface area contributed by atoms with Crippen LogP contribution in [0, 0.1) is 6.92 Å². The number of aromatic nitrogens is 3. The standard InChI is InChI=1S/C19H24N4O4/c1-12(2)14-6-4-5-7-15(14)23-13(3)20-16(22-23)17(24)21-19(18(25)26)8-10-27-11-9-19/h4-7,12H,8-11H2,1-3H3,(H,21,24)(H,25,26). The third-order valence-corrected chi connectivity index (χ3v) is 4.87. The number of aliphatic carboxylic acids is 1. The van der Waals surface area contributed by atoms with E-state index in [1.54, 1.807) is 11.6 Å². The first-order valence-corrected chi connectivity index (χ1v) is 9.01. The fourth-order valence-electron chi connectivity index (χ4n) is 3.27. The summed E-state index contributed by atoms with van der Waals surface area (Å²) in [7, 11) is 0. The van der Waals surface area contributed by atoms with Gasteiger partial charge in [-0.3, -0.25) is 4.79 Å². The van der Waals surface area contributed by atoms with Gasteiger partial charge in [0.25, 0.3) is 5.91 Å². The van der Waals surface area contributed by atoms with Gasteiger partial charge in [-0.2, -0.15) is 0 Å². The van der Waals surface area contributed by atoms with Crippen LogP contribution >= 0.6 is 0 Å². The summed E-state index contributed by atoms with van der Waals surface area (Å²) in [5, 5.41) is 16.6. The summed E-state index contributed by atoms with van der Waals surface area (Å²) in [6.45, 7) is 6.51. The molecule has 1 aliphatic rings. The Bertz CT molecular complexity index is 853. The van der Waals surface area contributed by atoms with Gasteiger partial charge in [0.1, 0.15) is 11.4 Å². The van der Waals surface area contributed by atoms with Gasteiger partial charge in [0.15, 0.2) is 0 Å². The Morgan fingerprint density at radius 3 is 2.56 bits per heavy atom. The van der Waals surface area contributed by atoms with Crippen molar-refractivity contribution in [2.24, 2.45) is 0 Å². The van der Waals surface area contributed by atoms with Crippen LogP contribution < -0.4 is 5.32 Å². The maximum atomic E-state index is 12.7. The highest BCUT2D eigenvalue weighted by Crippen LogP contribution is 2.24. The molecule has 0 unspecified atom stereocenters. The molecule has 1 aliphatic heterocycles. The highest BCUT2D eigenvalue weighted by molar-refractivity contribution is 5.95. The first-order valence-electron chi connectivity index (χ1n) is 9.01. The Kier molecular flexibility index (Phi) is 5.27. The van der Waals surface area contributed by atoms with Crippen molar-refractivity contribution < 1.29 is 19.4 Å². The van der Waals surface area contributed by atoms with Crippen LogP contribution in [0.5, 0.6) is 0 Å². The number of para-hydroxylation sites is 1. The molecule has 1 amide bonds. The van der Waals surface area contributed by atoms with Crippen LogP contribution in [-0.4, -0.2) is 50.5 Å². The van der Waals surface area contributed by atoms with Gasteiger partial charge < -0.3 is 15.2 Å². The summed E-state index contributed by atoms with van der Waals surface area (Å²) in [6.07, 6.45) is 0.424. The molecule has 0 aliphatic carbocycles. The number of hydrogen-bond donors (Lipinski definition) is 2. The van der Waals surface area contributed by atoms with Gasteiger partial charge in [-0.25, -0.2) is 14.5 Å². The second kappa shape index (κ2) is 7.48. The predicted octanol–water partition coefficient (Wildman–Crippen LogP) is 2.06. The number of aryl methyl sites for hydroxylation is 1. The molecule has 8 heteroatoms. The first kappa shape index (κ1) is 19.0. The average Bonchev–Trinajstić information content (AvgIpc) is 3.04. The lowest BCUT2D eigenvalue weighted by Gasteiger charge is -2.33. The van der Waals surface area contributed by atoms with Crippen LogP contribution in [-0.2, 0) is 9.53 Å². The van der Waals surface area contributed by atoms with E-state index in [4.69, 9.17) is 4.74 Å². The number of carboxylic acids is 1. The Balaban J connectivity index is 1.90. The molecule has 3 rings (SSSR count). The quantitative estimate of drug-likeness (QED) is 0.832. The molecule has 27 heavy (non-hydrogen) atoms. The number of carbonyl (C=O) groups excluding carboxylic acids is 1. The maximum Gasteiger partial charge on any atom is 0.329 e. The van der Waals surface area contributed by atoms with E-state index in [2.05, 4.69) is 29.2 Å². The van der Waals surface area contributed by atoms with Gasteiger partial charge in [0, 0.05) is 26.1 Å². The number of carbonyl (C=O) groups is 2. The van der Waals surface area contributed by atoms with E-state index in [1.165, 1.54) is 0 Å². The van der Waals surface area contributed by atoms with Gasteiger partial charge in [-0.05, 0) is 24.5 Å². The Labute approximate surface area is 157 Å². The summed E-state index contributed by atoms with van der Waals surface area (Å²) in [4.78, 5) is 28.7. The zero-order valence-corrected chi connectivity index (χ0v) is 15.7. The SMILES string of the molecule is Cc1nc(C(=O)NC2(C(=O)O)CCOCC2)nn1-c1ccccc1C(C)C. The molecule has 144 valence electrons. The van der Waals surface area contributed by atoms with Crippen molar-refractivity contribution >= 4 is 11.9 Å². The number of hydrogen-bond acceptors (Lipinski definition) is 5. The Morgan fingerprint density at radius 2 is 1.93 bits per heavy atom. The van der Waals surface area contributed by atoms with E-state index in [0.29, 0.717) is 5.82 Å². The van der Waals surface area contributed by atoms with Crippen LogP contribution in [0.2, 0.25) is 0 Å². The van der Waals surface area contributed by atoms with Crippen molar-refractivity contribution in [3.8, 4) is 5.69 Å². The van der Waals surface area contributed by atoms with E-state index in [-0.39, 0.29) is 37.8 Å². The molecule has 0 spiro atoms. The topological polar surface area (TPSA) is 106 Å². The minimum absolute atomic E-state index is 0.0434. The molecular weight excluding hydrogens is 348 g/mol. The van der Waals surface area contributed by atoms with Crippen molar-refractivity contribution in [1.29, 1.82) is 0 Å². The molecule has 2 N–H and O–H groups in total. The zero-order valence-electron chi connectivity index (χ0n) is 15.7. The molecule has 1 aromatic heterocycles.